The second-order valence-corrected chi connectivity index (χ2v) is 4.18. The van der Waals surface area contributed by atoms with Crippen LogP contribution in [0.4, 0.5) is 4.39 Å². The van der Waals surface area contributed by atoms with Gasteiger partial charge in [0.25, 0.3) is 0 Å². The van der Waals surface area contributed by atoms with Gasteiger partial charge in [0.1, 0.15) is 5.82 Å². The second kappa shape index (κ2) is 4.91. The van der Waals surface area contributed by atoms with Crippen LogP contribution in [0.25, 0.3) is 0 Å². The molecule has 1 aliphatic rings. The third kappa shape index (κ3) is 2.40. The molecule has 0 bridgehead atoms. The molecule has 1 aromatic rings. The first-order chi connectivity index (χ1) is 7.68. The van der Waals surface area contributed by atoms with Crippen molar-refractivity contribution in [3.63, 3.8) is 0 Å². The van der Waals surface area contributed by atoms with E-state index in [0.717, 1.165) is 25.1 Å². The van der Waals surface area contributed by atoms with E-state index in [2.05, 4.69) is 0 Å². The summed E-state index contributed by atoms with van der Waals surface area (Å²) in [5.41, 5.74) is 6.97. The Hall–Kier alpha value is -0.970. The van der Waals surface area contributed by atoms with Crippen molar-refractivity contribution < 1.29 is 9.23 Å². The molecular formula is C12H17FN2O. The number of hydroxylamine groups is 2. The summed E-state index contributed by atoms with van der Waals surface area (Å²) in [6, 6.07) is 6.41. The fourth-order valence-electron chi connectivity index (χ4n) is 2.08. The van der Waals surface area contributed by atoms with Crippen LogP contribution in [-0.4, -0.2) is 24.3 Å². The second-order valence-electron chi connectivity index (χ2n) is 4.18. The lowest BCUT2D eigenvalue weighted by Crippen LogP contribution is -2.37. The van der Waals surface area contributed by atoms with Gasteiger partial charge in [-0.1, -0.05) is 12.1 Å². The Balaban J connectivity index is 2.21. The van der Waals surface area contributed by atoms with Gasteiger partial charge < -0.3 is 5.73 Å². The van der Waals surface area contributed by atoms with E-state index >= 15 is 0 Å². The monoisotopic (exact) mass is 224 g/mol. The number of benzene rings is 1. The van der Waals surface area contributed by atoms with Crippen LogP contribution in [0.15, 0.2) is 24.3 Å². The fraction of sp³-hybridized carbons (Fsp3) is 0.500. The van der Waals surface area contributed by atoms with Gasteiger partial charge in [-0.25, -0.2) is 4.39 Å². The summed E-state index contributed by atoms with van der Waals surface area (Å²) in [5.74, 6) is -0.227. The quantitative estimate of drug-likeness (QED) is 0.851. The van der Waals surface area contributed by atoms with E-state index in [-0.39, 0.29) is 17.9 Å². The van der Waals surface area contributed by atoms with Crippen molar-refractivity contribution in [3.8, 4) is 0 Å². The van der Waals surface area contributed by atoms with Gasteiger partial charge in [0.05, 0.1) is 12.6 Å². The average molecular weight is 224 g/mol. The van der Waals surface area contributed by atoms with Gasteiger partial charge in [0, 0.05) is 12.6 Å². The molecule has 0 aliphatic carbocycles. The highest BCUT2D eigenvalue weighted by Crippen LogP contribution is 2.26. The fourth-order valence-corrected chi connectivity index (χ4v) is 2.08. The Kier molecular flexibility index (Phi) is 3.53. The van der Waals surface area contributed by atoms with Crippen molar-refractivity contribution in [3.05, 3.63) is 35.6 Å². The summed E-state index contributed by atoms with van der Waals surface area (Å²) < 4.78 is 12.9. The zero-order valence-electron chi connectivity index (χ0n) is 9.40. The van der Waals surface area contributed by atoms with Crippen molar-refractivity contribution in [1.29, 1.82) is 0 Å². The molecule has 16 heavy (non-hydrogen) atoms. The molecule has 4 heteroatoms. The van der Waals surface area contributed by atoms with Crippen molar-refractivity contribution in [2.75, 3.05) is 13.2 Å². The Morgan fingerprint density at radius 3 is 2.56 bits per heavy atom. The van der Waals surface area contributed by atoms with Gasteiger partial charge in [0.15, 0.2) is 0 Å². The molecule has 2 rings (SSSR count). The normalized spacial score (nSPS) is 20.9. The molecule has 1 saturated heterocycles. The molecule has 1 heterocycles. The van der Waals surface area contributed by atoms with Crippen LogP contribution in [0.2, 0.25) is 0 Å². The van der Waals surface area contributed by atoms with Gasteiger partial charge in [-0.3, -0.25) is 4.84 Å². The highest BCUT2D eigenvalue weighted by Gasteiger charge is 2.27. The summed E-state index contributed by atoms with van der Waals surface area (Å²) in [6.07, 6.45) is 1.02. The minimum atomic E-state index is -0.227. The highest BCUT2D eigenvalue weighted by molar-refractivity contribution is 5.21. The number of nitrogens with two attached hydrogens (primary N) is 1. The predicted octanol–water partition coefficient (Wildman–Crippen LogP) is 1.85. The largest absolute Gasteiger partial charge is 0.326 e. The molecule has 0 saturated carbocycles. The maximum absolute atomic E-state index is 12.9. The van der Waals surface area contributed by atoms with Crippen LogP contribution >= 0.6 is 0 Å². The summed E-state index contributed by atoms with van der Waals surface area (Å²) in [4.78, 5) is 5.52. The maximum atomic E-state index is 12.9. The lowest BCUT2D eigenvalue weighted by Gasteiger charge is -2.29. The van der Waals surface area contributed by atoms with Crippen LogP contribution in [0, 0.1) is 5.82 Å². The maximum Gasteiger partial charge on any atom is 0.123 e. The van der Waals surface area contributed by atoms with E-state index in [1.54, 1.807) is 12.1 Å². The van der Waals surface area contributed by atoms with Gasteiger partial charge in [-0.2, -0.15) is 5.06 Å². The molecule has 0 amide bonds. The number of halogens is 1. The Labute approximate surface area is 94.9 Å². The van der Waals surface area contributed by atoms with Gasteiger partial charge >= 0.3 is 0 Å². The molecule has 88 valence electrons. The van der Waals surface area contributed by atoms with Crippen molar-refractivity contribution in [2.45, 2.75) is 25.4 Å². The minimum absolute atomic E-state index is 0.00287. The highest BCUT2D eigenvalue weighted by atomic mass is 19.1. The summed E-state index contributed by atoms with van der Waals surface area (Å²) in [5, 5.41) is 1.90. The summed E-state index contributed by atoms with van der Waals surface area (Å²) in [7, 11) is 0. The molecule has 1 aromatic carbocycles. The van der Waals surface area contributed by atoms with Gasteiger partial charge in [0.2, 0.25) is 0 Å². The number of rotatable bonds is 3. The lowest BCUT2D eigenvalue weighted by atomic mass is 10.0. The molecule has 0 radical (unpaired) electrons. The van der Waals surface area contributed by atoms with Crippen molar-refractivity contribution in [1.82, 2.24) is 5.06 Å². The van der Waals surface area contributed by atoms with E-state index in [9.17, 15) is 4.39 Å². The standard InChI is InChI=1S/C12H17FN2O/c1-9(14)12(15-7-2-8-16-15)10-3-5-11(13)6-4-10/h3-6,9,12H,2,7-8,14H2,1H3. The summed E-state index contributed by atoms with van der Waals surface area (Å²) >= 11 is 0. The molecule has 3 nitrogen and oxygen atoms in total. The molecule has 2 unspecified atom stereocenters. The van der Waals surface area contributed by atoms with Crippen LogP contribution in [0.1, 0.15) is 24.9 Å². The van der Waals surface area contributed by atoms with E-state index in [1.165, 1.54) is 12.1 Å². The van der Waals surface area contributed by atoms with E-state index < -0.39 is 0 Å². The van der Waals surface area contributed by atoms with Crippen LogP contribution in [0.5, 0.6) is 0 Å². The number of hydrogen-bond acceptors (Lipinski definition) is 3. The SMILES string of the molecule is CC(N)C(c1ccc(F)cc1)N1CCCO1. The van der Waals surface area contributed by atoms with Crippen LogP contribution in [-0.2, 0) is 4.84 Å². The molecule has 0 aromatic heterocycles. The van der Waals surface area contributed by atoms with Gasteiger partial charge in [-0.05, 0) is 31.0 Å². The summed E-state index contributed by atoms with van der Waals surface area (Å²) in [6.45, 7) is 3.56. The first kappa shape index (κ1) is 11.5. The third-order valence-corrected chi connectivity index (χ3v) is 2.80. The molecule has 1 aliphatic heterocycles. The van der Waals surface area contributed by atoms with E-state index in [1.807, 2.05) is 12.0 Å². The number of hydrogen-bond donors (Lipinski definition) is 1. The molecule has 2 N–H and O–H groups in total. The lowest BCUT2D eigenvalue weighted by molar-refractivity contribution is -0.147. The molecule has 2 atom stereocenters. The van der Waals surface area contributed by atoms with Crippen LogP contribution < -0.4 is 5.73 Å². The molecule has 1 fully saturated rings. The first-order valence-electron chi connectivity index (χ1n) is 5.59. The van der Waals surface area contributed by atoms with E-state index in [4.69, 9.17) is 10.6 Å². The Bertz CT molecular complexity index is 333. The minimum Gasteiger partial charge on any atom is -0.326 e. The first-order valence-corrected chi connectivity index (χ1v) is 5.59. The van der Waals surface area contributed by atoms with Crippen molar-refractivity contribution in [2.24, 2.45) is 5.73 Å². The van der Waals surface area contributed by atoms with Crippen LogP contribution in [0.3, 0.4) is 0 Å². The van der Waals surface area contributed by atoms with Gasteiger partial charge in [-0.15, -0.1) is 0 Å². The Morgan fingerprint density at radius 1 is 1.38 bits per heavy atom. The zero-order chi connectivity index (χ0) is 11.5. The zero-order valence-corrected chi connectivity index (χ0v) is 9.40. The average Bonchev–Trinajstić information content (AvgIpc) is 2.74. The third-order valence-electron chi connectivity index (χ3n) is 2.80. The topological polar surface area (TPSA) is 38.5 Å². The Morgan fingerprint density at radius 2 is 2.06 bits per heavy atom. The number of nitrogens with zero attached hydrogens (tertiary/aromatic N) is 1. The van der Waals surface area contributed by atoms with E-state index in [0.29, 0.717) is 0 Å². The predicted molar refractivity (Wildman–Crippen MR) is 60.1 cm³/mol. The molecule has 0 spiro atoms. The molecular weight excluding hydrogens is 207 g/mol. The van der Waals surface area contributed by atoms with Crippen molar-refractivity contribution >= 4 is 0 Å². The smallest absolute Gasteiger partial charge is 0.123 e.